The topological polar surface area (TPSA) is 29.5 Å². The number of para-hydroxylation sites is 1. The van der Waals surface area contributed by atoms with Crippen LogP contribution in [0.1, 0.15) is 11.1 Å². The molecule has 0 saturated heterocycles. The van der Waals surface area contributed by atoms with Gasteiger partial charge in [-0.1, -0.05) is 47.5 Å². The molecule has 3 nitrogen and oxygen atoms in total. The highest BCUT2D eigenvalue weighted by molar-refractivity contribution is 6.42. The van der Waals surface area contributed by atoms with Crippen LogP contribution in [-0.4, -0.2) is 25.0 Å². The third-order valence-electron chi connectivity index (χ3n) is 3.36. The SMILES string of the molecule is COc1ccccc1CC(=O)N(C)Cc1ccc(Cl)c(Cl)c1. The van der Waals surface area contributed by atoms with Crippen molar-refractivity contribution in [1.29, 1.82) is 0 Å². The van der Waals surface area contributed by atoms with Crippen LogP contribution in [0.25, 0.3) is 0 Å². The van der Waals surface area contributed by atoms with E-state index in [9.17, 15) is 4.79 Å². The van der Waals surface area contributed by atoms with E-state index < -0.39 is 0 Å². The molecule has 0 aliphatic carbocycles. The molecule has 0 saturated carbocycles. The molecule has 0 fully saturated rings. The first-order valence-corrected chi connectivity index (χ1v) is 7.56. The second-order valence-electron chi connectivity index (χ2n) is 4.99. The summed E-state index contributed by atoms with van der Waals surface area (Å²) in [6.07, 6.45) is 0.293. The van der Waals surface area contributed by atoms with E-state index in [2.05, 4.69) is 0 Å². The molecule has 116 valence electrons. The highest BCUT2D eigenvalue weighted by Gasteiger charge is 2.13. The monoisotopic (exact) mass is 337 g/mol. The van der Waals surface area contributed by atoms with Gasteiger partial charge in [-0.3, -0.25) is 4.79 Å². The van der Waals surface area contributed by atoms with Gasteiger partial charge in [0, 0.05) is 19.2 Å². The average Bonchev–Trinajstić information content (AvgIpc) is 2.51. The fourth-order valence-electron chi connectivity index (χ4n) is 2.15. The van der Waals surface area contributed by atoms with Gasteiger partial charge in [-0.2, -0.15) is 0 Å². The predicted molar refractivity (Wildman–Crippen MR) is 89.6 cm³/mol. The Labute approximate surface area is 140 Å². The molecule has 0 radical (unpaired) electrons. The van der Waals surface area contributed by atoms with Gasteiger partial charge in [0.05, 0.1) is 23.6 Å². The third-order valence-corrected chi connectivity index (χ3v) is 4.10. The molecular weight excluding hydrogens is 321 g/mol. The zero-order valence-corrected chi connectivity index (χ0v) is 14.0. The van der Waals surface area contributed by atoms with Crippen molar-refractivity contribution in [3.63, 3.8) is 0 Å². The standard InChI is InChI=1S/C17H17Cl2NO2/c1-20(11-12-7-8-14(18)15(19)9-12)17(21)10-13-5-3-4-6-16(13)22-2/h3-9H,10-11H2,1-2H3. The van der Waals surface area contributed by atoms with Crippen LogP contribution in [0, 0.1) is 0 Å². The second kappa shape index (κ2) is 7.52. The maximum atomic E-state index is 12.3. The Morgan fingerprint density at radius 2 is 1.86 bits per heavy atom. The summed E-state index contributed by atoms with van der Waals surface area (Å²) < 4.78 is 5.27. The van der Waals surface area contributed by atoms with Crippen molar-refractivity contribution in [2.75, 3.05) is 14.2 Å². The van der Waals surface area contributed by atoms with Gasteiger partial charge in [0.25, 0.3) is 0 Å². The van der Waals surface area contributed by atoms with E-state index in [-0.39, 0.29) is 5.91 Å². The van der Waals surface area contributed by atoms with Crippen molar-refractivity contribution < 1.29 is 9.53 Å². The van der Waals surface area contributed by atoms with Crippen LogP contribution in [-0.2, 0) is 17.8 Å². The van der Waals surface area contributed by atoms with Crippen LogP contribution < -0.4 is 4.74 Å². The summed E-state index contributed by atoms with van der Waals surface area (Å²) in [5, 5.41) is 0.998. The summed E-state index contributed by atoms with van der Waals surface area (Å²) in [6.45, 7) is 0.477. The Kier molecular flexibility index (Phi) is 5.69. The maximum Gasteiger partial charge on any atom is 0.227 e. The lowest BCUT2D eigenvalue weighted by atomic mass is 10.1. The maximum absolute atomic E-state index is 12.3. The lowest BCUT2D eigenvalue weighted by Crippen LogP contribution is -2.27. The van der Waals surface area contributed by atoms with Crippen molar-refractivity contribution >= 4 is 29.1 Å². The van der Waals surface area contributed by atoms with Crippen LogP contribution in [0.4, 0.5) is 0 Å². The molecule has 0 atom stereocenters. The third kappa shape index (κ3) is 4.15. The highest BCUT2D eigenvalue weighted by atomic mass is 35.5. The first-order valence-electron chi connectivity index (χ1n) is 6.81. The molecule has 2 aromatic carbocycles. The number of carbonyl (C=O) groups is 1. The smallest absolute Gasteiger partial charge is 0.227 e. The van der Waals surface area contributed by atoms with E-state index >= 15 is 0 Å². The average molecular weight is 338 g/mol. The Bertz CT molecular complexity index is 673. The number of nitrogens with zero attached hydrogens (tertiary/aromatic N) is 1. The first-order chi connectivity index (χ1) is 10.5. The number of carbonyl (C=O) groups excluding carboxylic acids is 1. The number of rotatable bonds is 5. The summed E-state index contributed by atoms with van der Waals surface area (Å²) in [7, 11) is 3.36. The van der Waals surface area contributed by atoms with E-state index in [0.29, 0.717) is 23.0 Å². The largest absolute Gasteiger partial charge is 0.496 e. The minimum atomic E-state index is 0.00979. The van der Waals surface area contributed by atoms with Crippen molar-refractivity contribution in [2.45, 2.75) is 13.0 Å². The number of ether oxygens (including phenoxy) is 1. The minimum Gasteiger partial charge on any atom is -0.496 e. The molecule has 5 heteroatoms. The molecular formula is C17H17Cl2NO2. The van der Waals surface area contributed by atoms with Crippen LogP contribution in [0.15, 0.2) is 42.5 Å². The Balaban J connectivity index is 2.04. The second-order valence-corrected chi connectivity index (χ2v) is 5.80. The van der Waals surface area contributed by atoms with Crippen molar-refractivity contribution in [2.24, 2.45) is 0 Å². The normalized spacial score (nSPS) is 10.4. The summed E-state index contributed by atoms with van der Waals surface area (Å²) in [6, 6.07) is 12.9. The fourth-order valence-corrected chi connectivity index (χ4v) is 2.47. The summed E-state index contributed by atoms with van der Waals surface area (Å²) in [5.74, 6) is 0.731. The number of methoxy groups -OCH3 is 1. The van der Waals surface area contributed by atoms with Gasteiger partial charge < -0.3 is 9.64 Å². The van der Waals surface area contributed by atoms with Gasteiger partial charge in [0.1, 0.15) is 5.75 Å². The van der Waals surface area contributed by atoms with E-state index in [1.807, 2.05) is 30.3 Å². The van der Waals surface area contributed by atoms with Crippen molar-refractivity contribution in [3.05, 3.63) is 63.6 Å². The predicted octanol–water partition coefficient (Wildman–Crippen LogP) is 4.20. The molecule has 2 rings (SSSR count). The molecule has 0 heterocycles. The molecule has 0 N–H and O–H groups in total. The Hall–Kier alpha value is -1.71. The summed E-state index contributed by atoms with van der Waals surface area (Å²) in [5.41, 5.74) is 1.81. The number of halogens is 2. The molecule has 0 unspecified atom stereocenters. The summed E-state index contributed by atoms with van der Waals surface area (Å²) >= 11 is 11.9. The lowest BCUT2D eigenvalue weighted by Gasteiger charge is -2.18. The van der Waals surface area contributed by atoms with Gasteiger partial charge in [0.2, 0.25) is 5.91 Å². The zero-order chi connectivity index (χ0) is 16.1. The quantitative estimate of drug-likeness (QED) is 0.818. The van der Waals surface area contributed by atoms with Gasteiger partial charge in [-0.25, -0.2) is 0 Å². The van der Waals surface area contributed by atoms with Crippen LogP contribution in [0.5, 0.6) is 5.75 Å². The minimum absolute atomic E-state index is 0.00979. The van der Waals surface area contributed by atoms with E-state index in [1.54, 1.807) is 31.2 Å². The first kappa shape index (κ1) is 16.7. The molecule has 0 aliphatic rings. The van der Waals surface area contributed by atoms with Gasteiger partial charge >= 0.3 is 0 Å². The number of hydrogen-bond donors (Lipinski definition) is 0. The molecule has 22 heavy (non-hydrogen) atoms. The number of benzene rings is 2. The molecule has 0 bridgehead atoms. The number of hydrogen-bond acceptors (Lipinski definition) is 2. The molecule has 0 aliphatic heterocycles. The number of amides is 1. The molecule has 0 aromatic heterocycles. The highest BCUT2D eigenvalue weighted by Crippen LogP contribution is 2.23. The molecule has 1 amide bonds. The Morgan fingerprint density at radius 1 is 1.14 bits per heavy atom. The van der Waals surface area contributed by atoms with Gasteiger partial charge in [-0.05, 0) is 23.8 Å². The van der Waals surface area contributed by atoms with E-state index in [1.165, 1.54) is 0 Å². The zero-order valence-electron chi connectivity index (χ0n) is 12.5. The Morgan fingerprint density at radius 3 is 2.55 bits per heavy atom. The van der Waals surface area contributed by atoms with Crippen molar-refractivity contribution in [1.82, 2.24) is 4.90 Å². The van der Waals surface area contributed by atoms with Crippen LogP contribution in [0.2, 0.25) is 10.0 Å². The molecule has 0 spiro atoms. The molecule has 2 aromatic rings. The van der Waals surface area contributed by atoms with Crippen molar-refractivity contribution in [3.8, 4) is 5.75 Å². The number of likely N-dealkylation sites (N-methyl/N-ethyl adjacent to an activating group) is 1. The van der Waals surface area contributed by atoms with Crippen LogP contribution in [0.3, 0.4) is 0 Å². The lowest BCUT2D eigenvalue weighted by molar-refractivity contribution is -0.129. The van der Waals surface area contributed by atoms with E-state index in [4.69, 9.17) is 27.9 Å². The summed E-state index contributed by atoms with van der Waals surface area (Å²) in [4.78, 5) is 14.0. The van der Waals surface area contributed by atoms with Gasteiger partial charge in [0.15, 0.2) is 0 Å². The van der Waals surface area contributed by atoms with E-state index in [0.717, 1.165) is 16.9 Å². The van der Waals surface area contributed by atoms with Crippen LogP contribution >= 0.6 is 23.2 Å². The fraction of sp³-hybridized carbons (Fsp3) is 0.235. The van der Waals surface area contributed by atoms with Gasteiger partial charge in [-0.15, -0.1) is 0 Å².